The molecule has 1 fully saturated rings. The highest BCUT2D eigenvalue weighted by molar-refractivity contribution is 5.98. The number of hydrogen-bond donors (Lipinski definition) is 4. The predicted molar refractivity (Wildman–Crippen MR) is 139 cm³/mol. The molecule has 4 aromatic rings. The van der Waals surface area contributed by atoms with Gasteiger partial charge in [-0.15, -0.1) is 0 Å². The quantitative estimate of drug-likeness (QED) is 0.254. The first-order chi connectivity index (χ1) is 17.9. The van der Waals surface area contributed by atoms with Gasteiger partial charge in [0.25, 0.3) is 0 Å². The maximum atomic E-state index is 14.9. The largest absolute Gasteiger partial charge is 0.465 e. The minimum absolute atomic E-state index is 0.0318. The van der Waals surface area contributed by atoms with Gasteiger partial charge in [-0.1, -0.05) is 24.3 Å². The van der Waals surface area contributed by atoms with E-state index >= 15 is 0 Å². The van der Waals surface area contributed by atoms with Crippen LogP contribution in [0.25, 0.3) is 22.0 Å². The molecule has 0 bridgehead atoms. The maximum Gasteiger partial charge on any atom is 0.404 e. The van der Waals surface area contributed by atoms with Crippen molar-refractivity contribution in [1.82, 2.24) is 20.3 Å². The van der Waals surface area contributed by atoms with Gasteiger partial charge in [-0.05, 0) is 50.8 Å². The highest BCUT2D eigenvalue weighted by atomic mass is 19.1. The second-order valence-electron chi connectivity index (χ2n) is 9.09. The van der Waals surface area contributed by atoms with Gasteiger partial charge in [0, 0.05) is 40.8 Å². The fourth-order valence-electron chi connectivity index (χ4n) is 4.75. The zero-order chi connectivity index (χ0) is 25.9. The number of anilines is 2. The van der Waals surface area contributed by atoms with Crippen molar-refractivity contribution in [1.29, 1.82) is 0 Å². The topological polar surface area (TPSA) is 135 Å². The van der Waals surface area contributed by atoms with Crippen LogP contribution in [0.4, 0.5) is 20.8 Å². The van der Waals surface area contributed by atoms with E-state index in [0.29, 0.717) is 39.3 Å². The van der Waals surface area contributed by atoms with Crippen LogP contribution in [0.3, 0.4) is 0 Å². The van der Waals surface area contributed by atoms with Crippen molar-refractivity contribution in [3.05, 3.63) is 66.2 Å². The Hall–Kier alpha value is -4.47. The molecule has 190 valence electrons. The lowest BCUT2D eigenvalue weighted by Crippen LogP contribution is -2.39. The molecule has 9 nitrogen and oxygen atoms in total. The van der Waals surface area contributed by atoms with Crippen LogP contribution in [-0.2, 0) is 0 Å². The number of nitrogens with zero attached hydrogens (tertiary/aromatic N) is 3. The number of halogens is 1. The zero-order valence-electron chi connectivity index (χ0n) is 20.2. The van der Waals surface area contributed by atoms with Gasteiger partial charge in [0.05, 0.1) is 16.9 Å². The molecule has 2 aromatic carbocycles. The molecule has 0 radical (unpaired) electrons. The molecule has 0 atom stereocenters. The number of pyridine rings is 1. The van der Waals surface area contributed by atoms with Crippen molar-refractivity contribution in [3.63, 3.8) is 0 Å². The first kappa shape index (κ1) is 24.2. The number of aromatic nitrogens is 3. The predicted octanol–water partition coefficient (Wildman–Crippen LogP) is 5.50. The fraction of sp³-hybridized carbons (Fsp3) is 0.259. The molecule has 1 aliphatic carbocycles. The van der Waals surface area contributed by atoms with Crippen LogP contribution in [0, 0.1) is 12.7 Å². The van der Waals surface area contributed by atoms with Crippen LogP contribution in [-0.4, -0.2) is 38.2 Å². The average molecular weight is 503 g/mol. The standard InChI is InChI=1S/C27H27FN6O3/c1-15-22(28)23(29)18-5-2-3-6-19(18)24(15)37-25-20(7-4-13-30-25)21-12-14-31-26(34-21)32-16-8-10-17(11-9-16)33-27(35)36/h2-7,12-14,16-17,33H,8-11,29H2,1H3,(H,35,36)(H,31,32,34). The first-order valence-electron chi connectivity index (χ1n) is 12.1. The van der Waals surface area contributed by atoms with Crippen LogP contribution in [0.1, 0.15) is 31.2 Å². The van der Waals surface area contributed by atoms with Crippen LogP contribution < -0.4 is 21.1 Å². The average Bonchev–Trinajstić information content (AvgIpc) is 2.91. The lowest BCUT2D eigenvalue weighted by molar-refractivity contribution is 0.185. The van der Waals surface area contributed by atoms with E-state index in [9.17, 15) is 9.18 Å². The number of hydrogen-bond acceptors (Lipinski definition) is 7. The Kier molecular flexibility index (Phi) is 6.72. The molecular formula is C27H27FN6O3. The summed E-state index contributed by atoms with van der Waals surface area (Å²) >= 11 is 0. The van der Waals surface area contributed by atoms with Crippen molar-refractivity contribution in [2.24, 2.45) is 0 Å². The van der Waals surface area contributed by atoms with Crippen molar-refractivity contribution >= 4 is 28.5 Å². The van der Waals surface area contributed by atoms with E-state index in [1.165, 1.54) is 0 Å². The molecule has 0 saturated heterocycles. The number of amides is 1. The van der Waals surface area contributed by atoms with Gasteiger partial charge < -0.3 is 26.2 Å². The molecule has 2 heterocycles. The van der Waals surface area contributed by atoms with Crippen molar-refractivity contribution in [2.75, 3.05) is 11.1 Å². The summed E-state index contributed by atoms with van der Waals surface area (Å²) in [6.07, 6.45) is 5.36. The van der Waals surface area contributed by atoms with E-state index in [2.05, 4.69) is 25.6 Å². The number of nitrogens with one attached hydrogen (secondary N) is 2. The number of nitrogens with two attached hydrogens (primary N) is 1. The number of ether oxygens (including phenoxy) is 1. The van der Waals surface area contributed by atoms with Crippen molar-refractivity contribution in [3.8, 4) is 22.9 Å². The van der Waals surface area contributed by atoms with E-state index in [1.54, 1.807) is 43.6 Å². The Morgan fingerprint density at radius 1 is 1.03 bits per heavy atom. The second kappa shape index (κ2) is 10.3. The minimum Gasteiger partial charge on any atom is -0.465 e. The van der Waals surface area contributed by atoms with Crippen LogP contribution in [0.2, 0.25) is 0 Å². The summed E-state index contributed by atoms with van der Waals surface area (Å²) < 4.78 is 21.2. The number of fused-ring (bicyclic) bond motifs is 1. The summed E-state index contributed by atoms with van der Waals surface area (Å²) in [6, 6.07) is 12.7. The van der Waals surface area contributed by atoms with E-state index in [-0.39, 0.29) is 23.7 Å². The van der Waals surface area contributed by atoms with Crippen LogP contribution in [0.15, 0.2) is 54.9 Å². The number of rotatable bonds is 6. The Morgan fingerprint density at radius 3 is 2.51 bits per heavy atom. The summed E-state index contributed by atoms with van der Waals surface area (Å²) in [5, 5.41) is 16.1. The summed E-state index contributed by atoms with van der Waals surface area (Å²) in [5.74, 6) is 0.571. The van der Waals surface area contributed by atoms with Crippen molar-refractivity contribution in [2.45, 2.75) is 44.7 Å². The smallest absolute Gasteiger partial charge is 0.404 e. The number of carbonyl (C=O) groups is 1. The number of nitrogen functional groups attached to an aromatic ring is 1. The normalized spacial score (nSPS) is 17.4. The third-order valence-corrected chi connectivity index (χ3v) is 6.66. The molecule has 5 rings (SSSR count). The Morgan fingerprint density at radius 2 is 1.76 bits per heavy atom. The maximum absolute atomic E-state index is 14.9. The summed E-state index contributed by atoms with van der Waals surface area (Å²) in [4.78, 5) is 24.3. The molecule has 0 unspecified atom stereocenters. The molecular weight excluding hydrogens is 475 g/mol. The Labute approximate surface area is 212 Å². The second-order valence-corrected chi connectivity index (χ2v) is 9.09. The van der Waals surface area contributed by atoms with Gasteiger partial charge in [0.2, 0.25) is 11.8 Å². The molecule has 0 aliphatic heterocycles. The van der Waals surface area contributed by atoms with E-state index in [4.69, 9.17) is 15.6 Å². The van der Waals surface area contributed by atoms with Crippen molar-refractivity contribution < 1.29 is 19.0 Å². The van der Waals surface area contributed by atoms with Crippen LogP contribution >= 0.6 is 0 Å². The third kappa shape index (κ3) is 5.09. The molecule has 5 N–H and O–H groups in total. The van der Waals surface area contributed by atoms with Gasteiger partial charge in [-0.2, -0.15) is 0 Å². The minimum atomic E-state index is -0.994. The molecule has 0 spiro atoms. The van der Waals surface area contributed by atoms with E-state index in [1.807, 2.05) is 18.2 Å². The van der Waals surface area contributed by atoms with Gasteiger partial charge in [0.1, 0.15) is 5.75 Å². The summed E-state index contributed by atoms with van der Waals surface area (Å²) in [7, 11) is 0. The van der Waals surface area contributed by atoms with Gasteiger partial charge >= 0.3 is 6.09 Å². The highest BCUT2D eigenvalue weighted by Gasteiger charge is 2.23. The Bertz CT molecular complexity index is 1460. The molecule has 10 heteroatoms. The lowest BCUT2D eigenvalue weighted by atomic mass is 9.91. The van der Waals surface area contributed by atoms with Gasteiger partial charge in [0.15, 0.2) is 5.82 Å². The monoisotopic (exact) mass is 502 g/mol. The fourth-order valence-corrected chi connectivity index (χ4v) is 4.75. The van der Waals surface area contributed by atoms with Crippen LogP contribution in [0.5, 0.6) is 11.6 Å². The molecule has 2 aromatic heterocycles. The first-order valence-corrected chi connectivity index (χ1v) is 12.1. The SMILES string of the molecule is Cc1c(F)c(N)c2ccccc2c1Oc1ncccc1-c1ccnc(NC2CCC(NC(=O)O)CC2)n1. The number of benzene rings is 2. The third-order valence-electron chi connectivity index (χ3n) is 6.66. The van der Waals surface area contributed by atoms with Gasteiger partial charge in [-0.3, -0.25) is 0 Å². The number of carboxylic acid groups (broad SMARTS) is 1. The molecule has 1 amide bonds. The summed E-state index contributed by atoms with van der Waals surface area (Å²) in [5.41, 5.74) is 7.63. The lowest BCUT2D eigenvalue weighted by Gasteiger charge is -2.28. The zero-order valence-corrected chi connectivity index (χ0v) is 20.2. The Balaban J connectivity index is 1.41. The summed E-state index contributed by atoms with van der Waals surface area (Å²) in [6.45, 7) is 1.63. The molecule has 1 saturated carbocycles. The molecule has 37 heavy (non-hydrogen) atoms. The highest BCUT2D eigenvalue weighted by Crippen LogP contribution is 2.40. The molecule has 1 aliphatic rings. The van der Waals surface area contributed by atoms with E-state index in [0.717, 1.165) is 25.7 Å². The van der Waals surface area contributed by atoms with E-state index < -0.39 is 11.9 Å². The van der Waals surface area contributed by atoms with Gasteiger partial charge in [-0.25, -0.2) is 24.1 Å².